The lowest BCUT2D eigenvalue weighted by molar-refractivity contribution is -0.108. The molecule has 3 rings (SSSR count). The molecule has 0 saturated carbocycles. The van der Waals surface area contributed by atoms with Gasteiger partial charge >= 0.3 is 6.03 Å². The van der Waals surface area contributed by atoms with Gasteiger partial charge in [0.1, 0.15) is 0 Å². The Hall–Kier alpha value is -1.85. The fraction of sp³-hybridized carbons (Fsp3) is 0.421. The van der Waals surface area contributed by atoms with Crippen LogP contribution in [0.4, 0.5) is 4.79 Å². The summed E-state index contributed by atoms with van der Waals surface area (Å²) in [6.45, 7) is 6.36. The summed E-state index contributed by atoms with van der Waals surface area (Å²) in [5, 5.41) is 5.23. The van der Waals surface area contributed by atoms with Gasteiger partial charge in [0.25, 0.3) is 0 Å². The fourth-order valence-corrected chi connectivity index (χ4v) is 3.85. The molecule has 4 nitrogen and oxygen atoms in total. The van der Waals surface area contributed by atoms with E-state index in [-0.39, 0.29) is 17.5 Å². The first-order chi connectivity index (χ1) is 11.5. The lowest BCUT2D eigenvalue weighted by Crippen LogP contribution is -2.51. The van der Waals surface area contributed by atoms with Crippen molar-refractivity contribution < 1.29 is 9.53 Å². The third kappa shape index (κ3) is 3.79. The van der Waals surface area contributed by atoms with Gasteiger partial charge < -0.3 is 15.0 Å². The number of amides is 2. The lowest BCUT2D eigenvalue weighted by Gasteiger charge is -2.40. The molecule has 1 atom stereocenters. The van der Waals surface area contributed by atoms with E-state index in [2.05, 4.69) is 43.4 Å². The highest BCUT2D eigenvalue weighted by atomic mass is 32.1. The molecule has 2 aromatic rings. The quantitative estimate of drug-likeness (QED) is 0.896. The molecular formula is C19H24N2O2S. The minimum absolute atomic E-state index is 0.0527. The van der Waals surface area contributed by atoms with Crippen LogP contribution >= 0.6 is 11.3 Å². The molecule has 1 fully saturated rings. The zero-order valence-electron chi connectivity index (χ0n) is 14.4. The average molecular weight is 344 g/mol. The number of hydrogen-bond acceptors (Lipinski definition) is 3. The average Bonchev–Trinajstić information content (AvgIpc) is 3.04. The predicted octanol–water partition coefficient (Wildman–Crippen LogP) is 3.82. The van der Waals surface area contributed by atoms with Crippen LogP contribution in [0.2, 0.25) is 0 Å². The Morgan fingerprint density at radius 1 is 1.38 bits per heavy atom. The number of hydrogen-bond donors (Lipinski definition) is 1. The van der Waals surface area contributed by atoms with Crippen molar-refractivity contribution in [3.8, 4) is 0 Å². The maximum absolute atomic E-state index is 12.7. The predicted molar refractivity (Wildman–Crippen MR) is 97.4 cm³/mol. The van der Waals surface area contributed by atoms with Crippen molar-refractivity contribution in [2.45, 2.75) is 19.9 Å². The van der Waals surface area contributed by atoms with Crippen LogP contribution in [0, 0.1) is 12.3 Å². The topological polar surface area (TPSA) is 41.6 Å². The van der Waals surface area contributed by atoms with E-state index in [1.54, 1.807) is 16.2 Å². The van der Waals surface area contributed by atoms with E-state index in [1.165, 1.54) is 5.56 Å². The first-order valence-electron chi connectivity index (χ1n) is 8.16. The monoisotopic (exact) mass is 344 g/mol. The van der Waals surface area contributed by atoms with Gasteiger partial charge in [-0.2, -0.15) is 0 Å². The van der Waals surface area contributed by atoms with Crippen molar-refractivity contribution in [1.82, 2.24) is 10.2 Å². The van der Waals surface area contributed by atoms with Crippen LogP contribution in [0.1, 0.15) is 29.0 Å². The maximum Gasteiger partial charge on any atom is 0.317 e. The minimum Gasteiger partial charge on any atom is -0.380 e. The van der Waals surface area contributed by atoms with Crippen molar-refractivity contribution in [2.24, 2.45) is 5.41 Å². The number of aryl methyl sites for hydroxylation is 1. The minimum atomic E-state index is -0.120. The smallest absolute Gasteiger partial charge is 0.317 e. The molecule has 1 aliphatic rings. The van der Waals surface area contributed by atoms with Crippen molar-refractivity contribution in [3.05, 3.63) is 57.8 Å². The zero-order valence-corrected chi connectivity index (χ0v) is 15.2. The number of ether oxygens (including phenoxy) is 1. The molecule has 2 amide bonds. The van der Waals surface area contributed by atoms with Crippen molar-refractivity contribution >= 4 is 17.4 Å². The second-order valence-electron chi connectivity index (χ2n) is 6.97. The number of carbonyl (C=O) groups is 1. The molecule has 24 heavy (non-hydrogen) atoms. The second-order valence-corrected chi connectivity index (χ2v) is 7.95. The number of carbonyl (C=O) groups excluding carboxylic acids is 1. The molecule has 1 saturated heterocycles. The van der Waals surface area contributed by atoms with Gasteiger partial charge in [-0.1, -0.05) is 42.8 Å². The summed E-state index contributed by atoms with van der Waals surface area (Å²) in [7, 11) is 1.85. The van der Waals surface area contributed by atoms with Gasteiger partial charge in [-0.3, -0.25) is 0 Å². The third-order valence-corrected chi connectivity index (χ3v) is 5.27. The van der Waals surface area contributed by atoms with Crippen LogP contribution in [-0.2, 0) is 4.74 Å². The van der Waals surface area contributed by atoms with E-state index in [0.29, 0.717) is 6.54 Å². The van der Waals surface area contributed by atoms with E-state index >= 15 is 0 Å². The first kappa shape index (κ1) is 17.0. The largest absolute Gasteiger partial charge is 0.380 e. The van der Waals surface area contributed by atoms with Crippen LogP contribution in [0.25, 0.3) is 0 Å². The van der Waals surface area contributed by atoms with Crippen LogP contribution in [0.3, 0.4) is 0 Å². The van der Waals surface area contributed by atoms with Gasteiger partial charge in [-0.25, -0.2) is 4.79 Å². The summed E-state index contributed by atoms with van der Waals surface area (Å²) in [5.74, 6) is 0. The summed E-state index contributed by atoms with van der Waals surface area (Å²) in [4.78, 5) is 15.6. The number of rotatable bonds is 5. The maximum atomic E-state index is 12.7. The lowest BCUT2D eigenvalue weighted by atomic mass is 9.88. The first-order valence-corrected chi connectivity index (χ1v) is 9.04. The molecule has 0 aliphatic carbocycles. The molecule has 1 aromatic carbocycles. The number of nitrogens with zero attached hydrogens (tertiary/aromatic N) is 1. The van der Waals surface area contributed by atoms with Crippen LogP contribution in [0.5, 0.6) is 0 Å². The molecule has 5 heteroatoms. The molecule has 0 unspecified atom stereocenters. The van der Waals surface area contributed by atoms with Crippen LogP contribution in [0.15, 0.2) is 41.8 Å². The highest BCUT2D eigenvalue weighted by Gasteiger charge is 2.35. The van der Waals surface area contributed by atoms with Gasteiger partial charge in [0, 0.05) is 23.9 Å². The van der Waals surface area contributed by atoms with E-state index < -0.39 is 0 Å². The Bertz CT molecular complexity index is 695. The van der Waals surface area contributed by atoms with Gasteiger partial charge in [0.2, 0.25) is 0 Å². The Morgan fingerprint density at radius 2 is 2.17 bits per heavy atom. The molecule has 2 heterocycles. The normalized spacial score (nSPS) is 17.0. The standard InChI is InChI=1S/C19H24N2O2S/c1-14-6-4-7-15(10-14)17(16-8-5-9-24-16)20-18(22)21(3)11-19(2)12-23-13-19/h4-10,17H,11-13H2,1-3H3,(H,20,22)/t17-/m0/s1. The third-order valence-electron chi connectivity index (χ3n) is 4.34. The Balaban J connectivity index is 1.75. The molecule has 128 valence electrons. The summed E-state index contributed by atoms with van der Waals surface area (Å²) < 4.78 is 5.28. The van der Waals surface area contributed by atoms with E-state index in [9.17, 15) is 4.79 Å². The number of benzene rings is 1. The van der Waals surface area contributed by atoms with E-state index in [1.807, 2.05) is 24.6 Å². The fourth-order valence-electron chi connectivity index (χ4n) is 3.04. The van der Waals surface area contributed by atoms with Gasteiger partial charge in [0.15, 0.2) is 0 Å². The Kier molecular flexibility index (Phi) is 4.92. The van der Waals surface area contributed by atoms with Crippen molar-refractivity contribution in [2.75, 3.05) is 26.8 Å². The number of thiophene rings is 1. The zero-order chi connectivity index (χ0) is 17.2. The summed E-state index contributed by atoms with van der Waals surface area (Å²) in [6, 6.07) is 12.2. The van der Waals surface area contributed by atoms with E-state index in [0.717, 1.165) is 23.7 Å². The SMILES string of the molecule is Cc1cccc([C@H](NC(=O)N(C)CC2(C)COC2)c2cccs2)c1. The van der Waals surface area contributed by atoms with Crippen LogP contribution < -0.4 is 5.32 Å². The molecule has 1 aliphatic heterocycles. The molecule has 0 radical (unpaired) electrons. The Labute approximate surface area is 147 Å². The van der Waals surface area contributed by atoms with Gasteiger partial charge in [-0.15, -0.1) is 11.3 Å². The van der Waals surface area contributed by atoms with E-state index in [4.69, 9.17) is 4.74 Å². The van der Waals surface area contributed by atoms with Gasteiger partial charge in [0.05, 0.1) is 19.3 Å². The summed E-state index contributed by atoms with van der Waals surface area (Å²) >= 11 is 1.66. The number of urea groups is 1. The Morgan fingerprint density at radius 3 is 2.75 bits per heavy atom. The van der Waals surface area contributed by atoms with Crippen LogP contribution in [-0.4, -0.2) is 37.7 Å². The highest BCUT2D eigenvalue weighted by Crippen LogP contribution is 2.29. The van der Waals surface area contributed by atoms with Crippen molar-refractivity contribution in [3.63, 3.8) is 0 Å². The number of nitrogens with one attached hydrogen (secondary N) is 1. The molecular weight excluding hydrogens is 320 g/mol. The molecule has 1 N–H and O–H groups in total. The summed E-state index contributed by atoms with van der Waals surface area (Å²) in [5.41, 5.74) is 2.38. The van der Waals surface area contributed by atoms with Gasteiger partial charge in [-0.05, 0) is 23.9 Å². The molecule has 0 bridgehead atoms. The highest BCUT2D eigenvalue weighted by molar-refractivity contribution is 7.10. The summed E-state index contributed by atoms with van der Waals surface area (Å²) in [6.07, 6.45) is 0. The molecule has 0 spiro atoms. The molecule has 1 aromatic heterocycles. The van der Waals surface area contributed by atoms with Crippen molar-refractivity contribution in [1.29, 1.82) is 0 Å². The second kappa shape index (κ2) is 6.95.